The van der Waals surface area contributed by atoms with Crippen LogP contribution in [0.15, 0.2) is 12.1 Å². The second-order valence-electron chi connectivity index (χ2n) is 10.0. The van der Waals surface area contributed by atoms with Crippen LogP contribution in [-0.4, -0.2) is 74.4 Å². The molecule has 0 aromatic heterocycles. The van der Waals surface area contributed by atoms with E-state index in [2.05, 4.69) is 7.05 Å². The van der Waals surface area contributed by atoms with Gasteiger partial charge in [-0.15, -0.1) is 0 Å². The minimum Gasteiger partial charge on any atom is -0.504 e. The van der Waals surface area contributed by atoms with Crippen molar-refractivity contribution >= 4 is 5.97 Å². The molecule has 28 heavy (non-hydrogen) atoms. The largest absolute Gasteiger partial charge is 0.504 e. The number of piperidine rings is 1. The quantitative estimate of drug-likeness (QED) is 0.563. The van der Waals surface area contributed by atoms with Crippen LogP contribution in [0.1, 0.15) is 36.8 Å². The number of carboxylic acid groups (broad SMARTS) is 1. The number of benzene rings is 1. The number of likely N-dealkylation sites (tertiary alicyclic amines) is 1. The summed E-state index contributed by atoms with van der Waals surface area (Å²) in [5, 5.41) is 43.7. The number of phenols is 1. The van der Waals surface area contributed by atoms with Crippen LogP contribution < -0.4 is 4.74 Å². The van der Waals surface area contributed by atoms with Crippen molar-refractivity contribution in [1.29, 1.82) is 0 Å². The number of phenolic OH excluding ortho intramolecular Hbond substituents is 1. The molecule has 3 fully saturated rings. The third-order valence-corrected chi connectivity index (χ3v) is 8.57. The van der Waals surface area contributed by atoms with E-state index in [0.29, 0.717) is 23.2 Å². The first-order chi connectivity index (χ1) is 13.2. The Labute approximate surface area is 162 Å². The molecule has 1 saturated heterocycles. The number of aliphatic carboxylic acids is 1. The lowest BCUT2D eigenvalue weighted by atomic mass is 9.55. The van der Waals surface area contributed by atoms with Crippen molar-refractivity contribution in [3.8, 4) is 11.5 Å². The van der Waals surface area contributed by atoms with Gasteiger partial charge in [-0.1, -0.05) is 6.07 Å². The first-order valence-electron chi connectivity index (χ1n) is 10.2. The predicted octanol–water partition coefficient (Wildman–Crippen LogP) is 0.526. The van der Waals surface area contributed by atoms with Gasteiger partial charge in [-0.2, -0.15) is 0 Å². The van der Waals surface area contributed by atoms with Gasteiger partial charge < -0.3 is 29.6 Å². The van der Waals surface area contributed by atoms with Crippen LogP contribution in [0.3, 0.4) is 0 Å². The Morgan fingerprint density at radius 3 is 2.75 bits per heavy atom. The zero-order valence-electron chi connectivity index (χ0n) is 15.9. The summed E-state index contributed by atoms with van der Waals surface area (Å²) in [7, 11) is 2.17. The molecule has 150 valence electrons. The molecule has 1 aromatic rings. The van der Waals surface area contributed by atoms with Crippen molar-refractivity contribution in [2.24, 2.45) is 5.92 Å². The minimum atomic E-state index is -2.19. The smallest absolute Gasteiger partial charge is 0.339 e. The Bertz CT molecular complexity index is 930. The maximum Gasteiger partial charge on any atom is 0.339 e. The Hall–Kier alpha value is -1.83. The number of hydrogen-bond donors (Lipinski definition) is 4. The van der Waals surface area contributed by atoms with Gasteiger partial charge in [0.25, 0.3) is 0 Å². The lowest BCUT2D eigenvalue weighted by Gasteiger charge is -2.60. The van der Waals surface area contributed by atoms with Crippen LogP contribution in [0, 0.1) is 5.92 Å². The molecule has 2 saturated carbocycles. The Balaban J connectivity index is 1.62. The van der Waals surface area contributed by atoms with Gasteiger partial charge in [-0.05, 0) is 24.5 Å². The first kappa shape index (κ1) is 17.1. The summed E-state index contributed by atoms with van der Waals surface area (Å²) < 4.78 is 6.68. The van der Waals surface area contributed by atoms with Gasteiger partial charge in [0.05, 0.1) is 25.6 Å². The zero-order chi connectivity index (χ0) is 19.7. The van der Waals surface area contributed by atoms with Crippen molar-refractivity contribution in [1.82, 2.24) is 0 Å². The zero-order valence-corrected chi connectivity index (χ0v) is 15.9. The number of carboxylic acids is 1. The number of likely N-dealkylation sites (N-methyl/N-ethyl adjacent to an activating group) is 1. The number of aliphatic hydroxyl groups is 2. The van der Waals surface area contributed by atoms with Crippen molar-refractivity contribution in [2.75, 3.05) is 20.1 Å². The lowest BCUT2D eigenvalue weighted by Crippen LogP contribution is -2.76. The third kappa shape index (κ3) is 1.63. The average molecular weight is 388 g/mol. The minimum absolute atomic E-state index is 0.0585. The van der Waals surface area contributed by atoms with E-state index in [0.717, 1.165) is 24.2 Å². The molecule has 2 aliphatic heterocycles. The van der Waals surface area contributed by atoms with Gasteiger partial charge in [0.1, 0.15) is 11.6 Å². The van der Waals surface area contributed by atoms with Crippen molar-refractivity contribution in [2.45, 2.75) is 60.9 Å². The summed E-state index contributed by atoms with van der Waals surface area (Å²) in [4.78, 5) is 12.1. The molecule has 2 bridgehead atoms. The van der Waals surface area contributed by atoms with E-state index in [1.165, 1.54) is 12.8 Å². The number of hydrogen-bond acceptors (Lipinski definition) is 5. The van der Waals surface area contributed by atoms with Crippen LogP contribution in [0.25, 0.3) is 0 Å². The lowest BCUT2D eigenvalue weighted by molar-refractivity contribution is -0.950. The normalized spacial score (nSPS) is 47.5. The van der Waals surface area contributed by atoms with Gasteiger partial charge in [0.2, 0.25) is 5.60 Å². The van der Waals surface area contributed by atoms with Crippen LogP contribution in [0.2, 0.25) is 0 Å². The molecule has 6 rings (SSSR count). The topological polar surface area (TPSA) is 107 Å². The van der Waals surface area contributed by atoms with Crippen LogP contribution in [0.5, 0.6) is 11.5 Å². The molecule has 3 aliphatic carbocycles. The summed E-state index contributed by atoms with van der Waals surface area (Å²) in [6.07, 6.45) is 2.22. The number of aromatic hydroxyl groups is 1. The molecule has 2 unspecified atom stereocenters. The van der Waals surface area contributed by atoms with Gasteiger partial charge in [-0.25, -0.2) is 4.79 Å². The fourth-order valence-electron chi connectivity index (χ4n) is 7.24. The van der Waals surface area contributed by atoms with E-state index in [1.54, 1.807) is 6.07 Å². The fraction of sp³-hybridized carbons (Fsp3) is 0.667. The molecule has 5 aliphatic rings. The Morgan fingerprint density at radius 1 is 1.32 bits per heavy atom. The van der Waals surface area contributed by atoms with E-state index in [1.807, 2.05) is 6.07 Å². The summed E-state index contributed by atoms with van der Waals surface area (Å²) in [6, 6.07) is 3.25. The molecule has 1 spiro atoms. The number of ether oxygens (including phenoxy) is 1. The number of nitrogens with zero attached hydrogens (tertiary/aromatic N) is 1. The second kappa shape index (κ2) is 4.66. The van der Waals surface area contributed by atoms with Gasteiger partial charge >= 0.3 is 5.97 Å². The SMILES string of the molecule is C[N+]1(CC2CC2)CCC23c4c5ccc(O)c4O[C@H]2[C@@](O)(C(=O)O)C[C@]3(O)[C@H]1C5. The molecule has 0 amide bonds. The van der Waals surface area contributed by atoms with E-state index < -0.39 is 28.7 Å². The number of carbonyl (C=O) groups is 1. The Morgan fingerprint density at radius 2 is 2.07 bits per heavy atom. The molecule has 6 atom stereocenters. The summed E-state index contributed by atoms with van der Waals surface area (Å²) in [5.74, 6) is -0.519. The highest BCUT2D eigenvalue weighted by molar-refractivity contribution is 5.82. The van der Waals surface area contributed by atoms with E-state index in [4.69, 9.17) is 4.74 Å². The van der Waals surface area contributed by atoms with Crippen LogP contribution in [0.4, 0.5) is 0 Å². The highest BCUT2D eigenvalue weighted by atomic mass is 16.5. The van der Waals surface area contributed by atoms with Crippen molar-refractivity contribution in [3.05, 3.63) is 23.3 Å². The van der Waals surface area contributed by atoms with Crippen LogP contribution in [-0.2, 0) is 16.6 Å². The number of rotatable bonds is 3. The van der Waals surface area contributed by atoms with Crippen molar-refractivity contribution < 1.29 is 34.4 Å². The van der Waals surface area contributed by atoms with Gasteiger partial charge in [-0.3, -0.25) is 0 Å². The average Bonchev–Trinajstić information content (AvgIpc) is 3.29. The van der Waals surface area contributed by atoms with E-state index in [-0.39, 0.29) is 24.0 Å². The van der Waals surface area contributed by atoms with E-state index in [9.17, 15) is 25.2 Å². The summed E-state index contributed by atoms with van der Waals surface area (Å²) in [5.41, 5.74) is -2.84. The highest BCUT2D eigenvalue weighted by Crippen LogP contribution is 2.70. The Kier molecular flexibility index (Phi) is 2.84. The first-order valence-corrected chi connectivity index (χ1v) is 10.2. The molecule has 0 radical (unpaired) electrons. The highest BCUT2D eigenvalue weighted by Gasteiger charge is 2.84. The standard InChI is InChI=1S/C21H25NO6/c1-22(9-11-2-3-11)7-6-19-15-12-4-5-13(23)16(15)28-17(19)20(26,18(24)25)10-21(19,27)14(22)8-12/h4-5,11,14,17,26-27H,2-3,6-10H2,1H3,(H-,23,24,25)/p+1/t14-,17-,19?,20-,21+,22?/m1/s1. The molecule has 7 heteroatoms. The maximum atomic E-state index is 12.2. The molecule has 7 nitrogen and oxygen atoms in total. The predicted molar refractivity (Wildman–Crippen MR) is 97.1 cm³/mol. The maximum absolute atomic E-state index is 12.2. The van der Waals surface area contributed by atoms with Gasteiger partial charge in [0, 0.05) is 30.7 Å². The monoisotopic (exact) mass is 388 g/mol. The molecular formula is C21H26NO6+. The second-order valence-corrected chi connectivity index (χ2v) is 10.0. The number of quaternary nitrogens is 1. The molecular weight excluding hydrogens is 362 g/mol. The van der Waals surface area contributed by atoms with E-state index >= 15 is 0 Å². The van der Waals surface area contributed by atoms with Crippen LogP contribution >= 0.6 is 0 Å². The fourth-order valence-corrected chi connectivity index (χ4v) is 7.24. The van der Waals surface area contributed by atoms with Crippen molar-refractivity contribution in [3.63, 3.8) is 0 Å². The van der Waals surface area contributed by atoms with Gasteiger partial charge in [0.15, 0.2) is 17.6 Å². The molecule has 2 heterocycles. The summed E-state index contributed by atoms with van der Waals surface area (Å²) >= 11 is 0. The third-order valence-electron chi connectivity index (χ3n) is 8.57. The molecule has 1 aromatic carbocycles. The molecule has 4 N–H and O–H groups in total. The summed E-state index contributed by atoms with van der Waals surface area (Å²) in [6.45, 7) is 1.77.